The fraction of sp³-hybridized carbons (Fsp3) is 0.250. The van der Waals surface area contributed by atoms with Crippen LogP contribution in [0.5, 0.6) is 0 Å². The molecule has 0 amide bonds. The number of anilines is 5. The summed E-state index contributed by atoms with van der Waals surface area (Å²) in [5, 5.41) is 16.3. The maximum atomic E-state index is 14.9. The van der Waals surface area contributed by atoms with E-state index in [4.69, 9.17) is 33.7 Å². The molecule has 5 fully saturated rings. The van der Waals surface area contributed by atoms with Gasteiger partial charge in [-0.15, -0.1) is 22.7 Å². The largest absolute Gasteiger partial charge is 0.422 e. The molecule has 13 aromatic heterocycles. The van der Waals surface area contributed by atoms with Gasteiger partial charge in [0.25, 0.3) is 0 Å². The zero-order valence-electron chi connectivity index (χ0n) is 74.9. The summed E-state index contributed by atoms with van der Waals surface area (Å²) < 4.78 is 92.4. The number of nitrogens with one attached hydrogen (secondary N) is 5. The van der Waals surface area contributed by atoms with Crippen molar-refractivity contribution in [3.05, 3.63) is 280 Å². The highest BCUT2D eigenvalue weighted by molar-refractivity contribution is 7.15. The van der Waals surface area contributed by atoms with Crippen molar-refractivity contribution in [2.24, 2.45) is 0 Å². The van der Waals surface area contributed by atoms with Crippen molar-refractivity contribution in [3.8, 4) is 56.5 Å². The highest BCUT2D eigenvalue weighted by atomic mass is 35.5. The molecule has 702 valence electrons. The predicted molar refractivity (Wildman–Crippen MR) is 532 cm³/mol. The zero-order valence-corrected chi connectivity index (χ0v) is 77.3. The molecule has 0 spiro atoms. The van der Waals surface area contributed by atoms with Crippen molar-refractivity contribution in [1.82, 2.24) is 78.8 Å². The van der Waals surface area contributed by atoms with Crippen LogP contribution in [0.2, 0.25) is 5.02 Å². The quantitative estimate of drug-likeness (QED) is 0.0627. The number of thiazole rings is 2. The molecule has 7 aromatic carbocycles. The summed E-state index contributed by atoms with van der Waals surface area (Å²) in [5.41, 5.74) is 9.01. The minimum Gasteiger partial charge on any atom is -0.422 e. The predicted octanol–water partition coefficient (Wildman–Crippen LogP) is 15.6. The second kappa shape index (κ2) is 38.5. The van der Waals surface area contributed by atoms with Gasteiger partial charge in [0.15, 0.2) is 9.92 Å². The summed E-state index contributed by atoms with van der Waals surface area (Å²) in [6.07, 6.45) is 14.2. The van der Waals surface area contributed by atoms with E-state index < -0.39 is 51.4 Å². The Kier molecular flexibility index (Phi) is 25.0. The molecule has 20 aromatic rings. The number of aromatic nitrogens is 11. The molecule has 38 heteroatoms. The van der Waals surface area contributed by atoms with Gasteiger partial charge in [-0.05, 0) is 138 Å². The van der Waals surface area contributed by atoms with E-state index in [1.54, 1.807) is 59.5 Å². The van der Waals surface area contributed by atoms with E-state index in [9.17, 15) is 41.5 Å². The van der Waals surface area contributed by atoms with Gasteiger partial charge < -0.3 is 82.3 Å². The molecule has 18 heterocycles. The first kappa shape index (κ1) is 89.8. The van der Waals surface area contributed by atoms with Crippen LogP contribution in [0, 0.1) is 23.3 Å². The molecule has 0 unspecified atom stereocenters. The molecule has 25 rings (SSSR count). The number of rotatable bonds is 10. The first-order valence-electron chi connectivity index (χ1n) is 45.3. The van der Waals surface area contributed by atoms with Gasteiger partial charge in [0.1, 0.15) is 74.0 Å². The van der Waals surface area contributed by atoms with Crippen LogP contribution in [0.3, 0.4) is 0 Å². The third kappa shape index (κ3) is 18.8. The number of benzene rings is 7. The van der Waals surface area contributed by atoms with Gasteiger partial charge in [-0.25, -0.2) is 71.4 Å². The molecule has 31 nitrogen and oxygen atoms in total. The highest BCUT2D eigenvalue weighted by Gasteiger charge is 2.27. The average Bonchev–Trinajstić information content (AvgIpc) is 1.71. The first-order valence-corrected chi connectivity index (χ1v) is 47.5. The van der Waals surface area contributed by atoms with Crippen molar-refractivity contribution in [1.29, 1.82) is 0 Å². The second-order valence-electron chi connectivity index (χ2n) is 34.6. The SMILES string of the molecule is CN1CCCN(c2cc(F)c3cc(-c4cn5ccsc5n4)c(=O)oc3c2)CC1.CN1CCN(c2cc(F)c3cc(-c4cn5ccsc5n4)c(=O)oc3c2)CC1.C[C@H]1CN(c2ccc3cc(-c4cn5cc(Cl)cnc5n4)c(=O)oc3c2)CCN1.O=c1oc2cc(N3CCCNCC3)cc(F)c2cc1-c1nc2ccccc2[nH]1.O=c1oc2cc(N3CCNCC3)cc(F)c2cc1-c1nc2ccccc2[nH]1. The number of fused-ring (bicyclic) bond motifs is 10. The van der Waals surface area contributed by atoms with Gasteiger partial charge in [-0.2, -0.15) is 0 Å². The van der Waals surface area contributed by atoms with Gasteiger partial charge >= 0.3 is 28.1 Å². The monoisotopic (exact) mass is 1920 g/mol. The van der Waals surface area contributed by atoms with Gasteiger partial charge in [0, 0.05) is 229 Å². The fourth-order valence-corrected chi connectivity index (χ4v) is 19.5. The maximum Gasteiger partial charge on any atom is 0.347 e. The van der Waals surface area contributed by atoms with Crippen molar-refractivity contribution in [2.45, 2.75) is 25.8 Å². The molecular formula is C100H90ClF4N21O10S2. The zero-order chi connectivity index (χ0) is 94.5. The summed E-state index contributed by atoms with van der Waals surface area (Å²) in [5.74, 6) is -0.394. The summed E-state index contributed by atoms with van der Waals surface area (Å²) in [4.78, 5) is 112. The Bertz CT molecular complexity index is 8230. The van der Waals surface area contributed by atoms with Crippen molar-refractivity contribution in [3.63, 3.8) is 0 Å². The molecular weight excluding hydrogens is 1830 g/mol. The fourth-order valence-electron chi connectivity index (χ4n) is 18.0. The second-order valence-corrected chi connectivity index (χ2v) is 36.8. The Labute approximate surface area is 794 Å². The number of imidazole rings is 5. The lowest BCUT2D eigenvalue weighted by molar-refractivity contribution is 0.313. The van der Waals surface area contributed by atoms with Gasteiger partial charge in [0.05, 0.1) is 88.6 Å². The molecule has 0 aliphatic carbocycles. The Morgan fingerprint density at radius 3 is 1.30 bits per heavy atom. The number of likely N-dealkylation sites (N-methyl/N-ethyl adjacent to an activating group) is 2. The molecule has 1 atom stereocenters. The molecule has 0 radical (unpaired) electrons. The lowest BCUT2D eigenvalue weighted by atomic mass is 10.1. The van der Waals surface area contributed by atoms with Gasteiger partial charge in [-0.3, -0.25) is 13.2 Å². The number of hydrogen-bond donors (Lipinski definition) is 5. The number of halogens is 5. The van der Waals surface area contributed by atoms with Crippen molar-refractivity contribution < 1.29 is 39.6 Å². The highest BCUT2D eigenvalue weighted by Crippen LogP contribution is 2.36. The van der Waals surface area contributed by atoms with Crippen LogP contribution in [-0.2, 0) is 0 Å². The normalized spacial score (nSPS) is 15.9. The van der Waals surface area contributed by atoms with Crippen LogP contribution in [-0.4, -0.2) is 207 Å². The van der Waals surface area contributed by atoms with Crippen LogP contribution in [0.4, 0.5) is 46.0 Å². The van der Waals surface area contributed by atoms with E-state index in [-0.39, 0.29) is 55.4 Å². The maximum absolute atomic E-state index is 14.9. The summed E-state index contributed by atoms with van der Waals surface area (Å²) >= 11 is 8.91. The molecule has 0 saturated carbocycles. The van der Waals surface area contributed by atoms with E-state index in [1.165, 1.54) is 71.3 Å². The number of aromatic amines is 2. The summed E-state index contributed by atoms with van der Waals surface area (Å²) in [7, 11) is 4.16. The van der Waals surface area contributed by atoms with E-state index >= 15 is 0 Å². The van der Waals surface area contributed by atoms with Crippen LogP contribution in [0.25, 0.3) is 149 Å². The third-order valence-electron chi connectivity index (χ3n) is 25.3. The lowest BCUT2D eigenvalue weighted by Crippen LogP contribution is -2.49. The summed E-state index contributed by atoms with van der Waals surface area (Å²) in [6, 6.07) is 42.3. The Balaban J connectivity index is 0.000000103. The van der Waals surface area contributed by atoms with Gasteiger partial charge in [-0.1, -0.05) is 35.9 Å². The molecule has 5 N–H and O–H groups in total. The Morgan fingerprint density at radius 1 is 0.391 bits per heavy atom. The average molecular weight is 1920 g/mol. The number of para-hydroxylation sites is 4. The lowest BCUT2D eigenvalue weighted by Gasteiger charge is -2.34. The standard InChI is InChI=1S/C21H19FN4O2.C20H18ClN5O2.C20H19FN4O2S.C20H17FN4O2.C19H17FN4O2S/c22-16-10-13(26-8-3-6-23-7-9-26)11-19-14(16)12-15(21(27)28-19)20-24-17-4-1-2-5-18(17)25-20;1-12-9-25(5-4-22-12)15-3-2-13-6-16(19(27)28-18(13)7-15)17-11-26-10-14(21)8-23-20(26)24-17;1-23-3-2-4-24(6-5-23)13-9-16(21)14-11-15(19(26)27-18(14)10-13)17-12-25-7-8-28-20(25)22-17;21-15-9-12(25-7-5-22-6-8-25)10-18-13(15)11-14(20(26)27-18)19-23-16-3-1-2-4-17(16)24-19;1-22-2-4-23(5-3-22)12-8-15(20)13-10-14(18(25)26-17(13)9-12)16-11-24-6-7-27-19(24)21-16/h1-2,4-5,10-12,23H,3,6-9H2,(H,24,25);2-3,6-8,10-12,22H,4-5,9H2,1H3;7-12H,2-6H2,1H3;1-4,9-11,22H,5-8H2,(H,23,24);6-11H,2-5H2,1H3/t;12-;;;/m.0.../s1. The minimum atomic E-state index is -0.543. The molecule has 5 saturated heterocycles. The Morgan fingerprint density at radius 2 is 0.804 bits per heavy atom. The number of hydrogen-bond acceptors (Lipinski definition) is 28. The number of piperazine rings is 3. The van der Waals surface area contributed by atoms with E-state index in [1.807, 2.05) is 98.7 Å². The first-order chi connectivity index (χ1) is 67.1. The van der Waals surface area contributed by atoms with E-state index in [0.717, 1.165) is 203 Å². The molecule has 0 bridgehead atoms. The number of nitrogens with zero attached hydrogens (tertiary/aromatic N) is 16. The Hall–Kier alpha value is -14.7. The van der Waals surface area contributed by atoms with Crippen LogP contribution in [0.15, 0.2) is 246 Å². The third-order valence-corrected chi connectivity index (χ3v) is 27.1. The van der Waals surface area contributed by atoms with E-state index in [0.29, 0.717) is 67.5 Å². The molecule has 138 heavy (non-hydrogen) atoms. The summed E-state index contributed by atoms with van der Waals surface area (Å²) in [6.45, 7) is 18.7. The van der Waals surface area contributed by atoms with E-state index in [2.05, 4.69) is 117 Å². The molecule has 5 aliphatic rings. The van der Waals surface area contributed by atoms with Crippen LogP contribution >= 0.6 is 34.3 Å². The van der Waals surface area contributed by atoms with Crippen molar-refractivity contribution in [2.75, 3.05) is 163 Å². The molecule has 5 aliphatic heterocycles. The number of H-pyrrole nitrogens is 2. The van der Waals surface area contributed by atoms with Gasteiger partial charge in [0.2, 0.25) is 5.78 Å². The van der Waals surface area contributed by atoms with Crippen LogP contribution in [0.1, 0.15) is 19.8 Å². The minimum absolute atomic E-state index is 0.215. The smallest absolute Gasteiger partial charge is 0.347 e. The van der Waals surface area contributed by atoms with Crippen LogP contribution < -0.4 is 68.6 Å². The van der Waals surface area contributed by atoms with Crippen molar-refractivity contribution >= 4 is 155 Å². The topological polar surface area (TPSA) is 332 Å².